The zero-order valence-corrected chi connectivity index (χ0v) is 14.2. The van der Waals surface area contributed by atoms with Crippen LogP contribution in [0.1, 0.15) is 37.7 Å². The number of nitrogens with zero attached hydrogens (tertiary/aromatic N) is 1. The molecule has 1 aromatic carbocycles. The Labute approximate surface area is 142 Å². The second kappa shape index (κ2) is 8.68. The van der Waals surface area contributed by atoms with Gasteiger partial charge >= 0.3 is 5.97 Å². The average Bonchev–Trinajstić information content (AvgIpc) is 2.59. The number of morpholine rings is 1. The van der Waals surface area contributed by atoms with Gasteiger partial charge in [0.15, 0.2) is 0 Å². The zero-order chi connectivity index (χ0) is 17.5. The topological polar surface area (TPSA) is 76.1 Å². The van der Waals surface area contributed by atoms with Crippen molar-refractivity contribution in [3.8, 4) is 5.75 Å². The summed E-state index contributed by atoms with van der Waals surface area (Å²) in [4.78, 5) is 25.1. The SMILES string of the molecule is CCC(CC(=O)N1CCOC(CC(=O)O)C1)c1ccc(OC)cc1. The molecule has 24 heavy (non-hydrogen) atoms. The highest BCUT2D eigenvalue weighted by Crippen LogP contribution is 2.26. The first-order valence-electron chi connectivity index (χ1n) is 8.28. The summed E-state index contributed by atoms with van der Waals surface area (Å²) in [6, 6.07) is 7.79. The third-order valence-electron chi connectivity index (χ3n) is 4.39. The van der Waals surface area contributed by atoms with Crippen LogP contribution < -0.4 is 4.74 Å². The Kier molecular flexibility index (Phi) is 6.61. The molecule has 0 bridgehead atoms. The molecule has 0 saturated carbocycles. The molecule has 0 spiro atoms. The van der Waals surface area contributed by atoms with E-state index in [1.165, 1.54) is 0 Å². The number of benzene rings is 1. The highest BCUT2D eigenvalue weighted by atomic mass is 16.5. The summed E-state index contributed by atoms with van der Waals surface area (Å²) < 4.78 is 10.6. The molecule has 1 amide bonds. The van der Waals surface area contributed by atoms with Crippen LogP contribution in [-0.2, 0) is 14.3 Å². The van der Waals surface area contributed by atoms with E-state index in [9.17, 15) is 9.59 Å². The van der Waals surface area contributed by atoms with Crippen molar-refractivity contribution in [2.75, 3.05) is 26.8 Å². The monoisotopic (exact) mass is 335 g/mol. The molecule has 0 aromatic heterocycles. The summed E-state index contributed by atoms with van der Waals surface area (Å²) in [6.45, 7) is 3.33. The van der Waals surface area contributed by atoms with Crippen LogP contribution in [0.5, 0.6) is 5.75 Å². The molecule has 1 saturated heterocycles. The molecule has 2 atom stereocenters. The first kappa shape index (κ1) is 18.3. The molecule has 2 rings (SSSR count). The van der Waals surface area contributed by atoms with Gasteiger partial charge in [-0.2, -0.15) is 0 Å². The van der Waals surface area contributed by atoms with E-state index < -0.39 is 12.1 Å². The van der Waals surface area contributed by atoms with Crippen molar-refractivity contribution in [3.05, 3.63) is 29.8 Å². The number of carboxylic acids is 1. The third-order valence-corrected chi connectivity index (χ3v) is 4.39. The Morgan fingerprint density at radius 1 is 1.38 bits per heavy atom. The number of rotatable bonds is 7. The van der Waals surface area contributed by atoms with Gasteiger partial charge in [-0.15, -0.1) is 0 Å². The van der Waals surface area contributed by atoms with Crippen LogP contribution in [0, 0.1) is 0 Å². The summed E-state index contributed by atoms with van der Waals surface area (Å²) >= 11 is 0. The molecule has 0 radical (unpaired) electrons. The molecule has 6 nitrogen and oxygen atoms in total. The fourth-order valence-corrected chi connectivity index (χ4v) is 2.98. The van der Waals surface area contributed by atoms with E-state index in [-0.39, 0.29) is 18.2 Å². The fraction of sp³-hybridized carbons (Fsp3) is 0.556. The Hall–Kier alpha value is -2.08. The van der Waals surface area contributed by atoms with Crippen molar-refractivity contribution in [2.24, 2.45) is 0 Å². The van der Waals surface area contributed by atoms with Gasteiger partial charge < -0.3 is 19.5 Å². The van der Waals surface area contributed by atoms with Crippen LogP contribution in [-0.4, -0.2) is 54.8 Å². The lowest BCUT2D eigenvalue weighted by Gasteiger charge is -2.33. The van der Waals surface area contributed by atoms with Gasteiger partial charge in [0.1, 0.15) is 5.75 Å². The number of hydrogen-bond acceptors (Lipinski definition) is 4. The molecule has 1 N–H and O–H groups in total. The van der Waals surface area contributed by atoms with Crippen molar-refractivity contribution in [1.29, 1.82) is 0 Å². The fourth-order valence-electron chi connectivity index (χ4n) is 2.98. The van der Waals surface area contributed by atoms with E-state index in [4.69, 9.17) is 14.6 Å². The van der Waals surface area contributed by atoms with E-state index >= 15 is 0 Å². The lowest BCUT2D eigenvalue weighted by molar-refractivity contribution is -0.147. The van der Waals surface area contributed by atoms with Gasteiger partial charge in [0.05, 0.1) is 26.2 Å². The summed E-state index contributed by atoms with van der Waals surface area (Å²) in [5.41, 5.74) is 1.11. The number of amides is 1. The molecular formula is C18H25NO5. The maximum atomic E-state index is 12.6. The zero-order valence-electron chi connectivity index (χ0n) is 14.2. The van der Waals surface area contributed by atoms with Crippen LogP contribution >= 0.6 is 0 Å². The minimum Gasteiger partial charge on any atom is -0.497 e. The first-order valence-corrected chi connectivity index (χ1v) is 8.28. The predicted octanol–water partition coefficient (Wildman–Crippen LogP) is 2.28. The molecule has 0 aliphatic carbocycles. The minimum atomic E-state index is -0.904. The van der Waals surface area contributed by atoms with Crippen LogP contribution in [0.4, 0.5) is 0 Å². The number of carbonyl (C=O) groups excluding carboxylic acids is 1. The van der Waals surface area contributed by atoms with Gasteiger partial charge in [0.2, 0.25) is 5.91 Å². The Balaban J connectivity index is 1.96. The van der Waals surface area contributed by atoms with Crippen LogP contribution in [0.2, 0.25) is 0 Å². The smallest absolute Gasteiger partial charge is 0.306 e. The van der Waals surface area contributed by atoms with Gasteiger partial charge in [-0.05, 0) is 30.0 Å². The number of methoxy groups -OCH3 is 1. The Morgan fingerprint density at radius 2 is 2.08 bits per heavy atom. The Morgan fingerprint density at radius 3 is 2.67 bits per heavy atom. The highest BCUT2D eigenvalue weighted by Gasteiger charge is 2.27. The summed E-state index contributed by atoms with van der Waals surface area (Å²) in [5.74, 6) is 0.0871. The quantitative estimate of drug-likeness (QED) is 0.827. The average molecular weight is 335 g/mol. The molecule has 1 fully saturated rings. The first-order chi connectivity index (χ1) is 11.5. The van der Waals surface area contributed by atoms with Gasteiger partial charge in [0, 0.05) is 19.5 Å². The Bertz CT molecular complexity index is 557. The van der Waals surface area contributed by atoms with Crippen molar-refractivity contribution < 1.29 is 24.2 Å². The van der Waals surface area contributed by atoms with Crippen molar-refractivity contribution in [1.82, 2.24) is 4.90 Å². The van der Waals surface area contributed by atoms with E-state index in [0.29, 0.717) is 26.1 Å². The molecular weight excluding hydrogens is 310 g/mol. The van der Waals surface area contributed by atoms with Gasteiger partial charge in [-0.25, -0.2) is 0 Å². The van der Waals surface area contributed by atoms with Gasteiger partial charge in [0.25, 0.3) is 0 Å². The lowest BCUT2D eigenvalue weighted by Crippen LogP contribution is -2.46. The van der Waals surface area contributed by atoms with Crippen molar-refractivity contribution in [3.63, 3.8) is 0 Å². The third kappa shape index (κ3) is 4.96. The molecule has 2 unspecified atom stereocenters. The number of hydrogen-bond donors (Lipinski definition) is 1. The second-order valence-corrected chi connectivity index (χ2v) is 6.01. The minimum absolute atomic E-state index is 0.0522. The molecule has 1 aromatic rings. The second-order valence-electron chi connectivity index (χ2n) is 6.01. The van der Waals surface area contributed by atoms with Crippen LogP contribution in [0.25, 0.3) is 0 Å². The molecule has 6 heteroatoms. The number of ether oxygens (including phenoxy) is 2. The van der Waals surface area contributed by atoms with Crippen molar-refractivity contribution in [2.45, 2.75) is 38.2 Å². The molecule has 1 heterocycles. The van der Waals surface area contributed by atoms with Crippen LogP contribution in [0.3, 0.4) is 0 Å². The number of aliphatic carboxylic acids is 1. The van der Waals surface area contributed by atoms with Crippen LogP contribution in [0.15, 0.2) is 24.3 Å². The molecule has 132 valence electrons. The maximum absolute atomic E-state index is 12.6. The summed E-state index contributed by atoms with van der Waals surface area (Å²) in [5, 5.41) is 8.87. The highest BCUT2D eigenvalue weighted by molar-refractivity contribution is 5.77. The summed E-state index contributed by atoms with van der Waals surface area (Å²) in [7, 11) is 1.63. The van der Waals surface area contributed by atoms with E-state index in [2.05, 4.69) is 6.92 Å². The number of carbonyl (C=O) groups is 2. The molecule has 1 aliphatic heterocycles. The number of carboxylic acid groups (broad SMARTS) is 1. The normalized spacial score (nSPS) is 18.9. The molecule has 1 aliphatic rings. The van der Waals surface area contributed by atoms with Crippen molar-refractivity contribution >= 4 is 11.9 Å². The van der Waals surface area contributed by atoms with E-state index in [1.54, 1.807) is 12.0 Å². The van der Waals surface area contributed by atoms with E-state index in [0.717, 1.165) is 17.7 Å². The predicted molar refractivity (Wildman–Crippen MR) is 89.2 cm³/mol. The summed E-state index contributed by atoms with van der Waals surface area (Å²) in [6.07, 6.45) is 0.796. The van der Waals surface area contributed by atoms with Gasteiger partial charge in [-0.1, -0.05) is 19.1 Å². The lowest BCUT2D eigenvalue weighted by atomic mass is 9.92. The van der Waals surface area contributed by atoms with Gasteiger partial charge in [-0.3, -0.25) is 9.59 Å². The van der Waals surface area contributed by atoms with E-state index in [1.807, 2.05) is 24.3 Å². The largest absolute Gasteiger partial charge is 0.497 e. The standard InChI is InChI=1S/C18H25NO5/c1-3-13(14-4-6-15(23-2)7-5-14)10-17(20)19-8-9-24-16(12-19)11-18(21)22/h4-7,13,16H,3,8-12H2,1-2H3,(H,21,22). The maximum Gasteiger partial charge on any atom is 0.306 e.